The van der Waals surface area contributed by atoms with Crippen LogP contribution in [0.1, 0.15) is 167 Å². The number of aromatic amines is 2. The number of rotatable bonds is 30. The number of ketones is 2. The largest absolute Gasteiger partial charge is 0.506 e. The van der Waals surface area contributed by atoms with Gasteiger partial charge in [0.05, 0.1) is 29.8 Å². The fraction of sp³-hybridized carbons (Fsp3) is 0.337. The third-order valence-corrected chi connectivity index (χ3v) is 30.8. The van der Waals surface area contributed by atoms with Gasteiger partial charge in [-0.2, -0.15) is 0 Å². The van der Waals surface area contributed by atoms with Crippen molar-refractivity contribution >= 4 is 82.4 Å². The molecule has 0 bridgehead atoms. The molecule has 2 aliphatic rings. The predicted octanol–water partition coefficient (Wildman–Crippen LogP) is 17.6. The molecular weight excluding hydrogens is 1650 g/mol. The normalized spacial score (nSPS) is 15.3. The van der Waals surface area contributed by atoms with Gasteiger partial charge in [-0.1, -0.05) is 178 Å². The number of Topliss-reactive ketones (excluding diaryl/α,β-unsaturated/α-hetero) is 2. The second-order valence-electron chi connectivity index (χ2n) is 35.3. The third kappa shape index (κ3) is 22.5. The zero-order valence-electron chi connectivity index (χ0n) is 72.9. The summed E-state index contributed by atoms with van der Waals surface area (Å²) in [6, 6.07) is 67.8. The van der Waals surface area contributed by atoms with Crippen molar-refractivity contribution in [2.75, 3.05) is 53.4 Å². The van der Waals surface area contributed by atoms with Gasteiger partial charge in [-0.15, -0.1) is 22.7 Å². The second-order valence-corrected chi connectivity index (χ2v) is 42.4. The van der Waals surface area contributed by atoms with Gasteiger partial charge < -0.3 is 74.2 Å². The Morgan fingerprint density at radius 3 is 1.40 bits per heavy atom. The van der Waals surface area contributed by atoms with Crippen molar-refractivity contribution in [3.63, 3.8) is 0 Å². The molecule has 14 rings (SSSR count). The van der Waals surface area contributed by atoms with E-state index in [9.17, 15) is 59.1 Å². The molecule has 0 radical (unpaired) electrons. The smallest absolute Gasteiger partial charge is 0.410 e. The standard InChI is InChI=1S/C56H67N3O9SSi.C45H45N3O7S/c1-54(2,3)67-53(64)59(36-48(68-70(8,9)55(4,5)6)44-24-27-47(61)51-45(44)25-29-50(62)57-51)35-37-18-20-38(21-19-37)46(60)26-22-43-23-28-49(69-43)39-14-13-17-41(34-39)56(65,40-15-11-10-12-16-40)52(63)66-42-30-32-58(7)33-31-42;1-48-24-22-34(23-25-48)55-44(53)45(54,32-7-3-2-4-8-32)33-9-5-6-31(26-33)41-20-15-35(56-41)14-18-38(49)30-12-10-29(11-13-30)27-46-28-40(51)36-16-19-39(50)43-37(36)17-21-42(52)47-43/h10-21,23-25,27-29,34,42,48,61,65H,22,26,30-33,35-36H2,1-9H3,(H,57,62);2-13,15-17,19-21,26,34,40,46,50-51,54H,14,18,22-25,27-28H2,1H3,(H,47,52)/t48-,56-;40-,45-/m00/s1. The minimum absolute atomic E-state index is 0.0244. The van der Waals surface area contributed by atoms with E-state index in [0.29, 0.717) is 99.4 Å². The fourth-order valence-electron chi connectivity index (χ4n) is 15.6. The summed E-state index contributed by atoms with van der Waals surface area (Å²) in [4.78, 5) is 108. The highest BCUT2D eigenvalue weighted by Crippen LogP contribution is 2.44. The van der Waals surface area contributed by atoms with Gasteiger partial charge in [0.1, 0.15) is 29.3 Å². The van der Waals surface area contributed by atoms with E-state index in [-0.39, 0.29) is 83.0 Å². The number of likely N-dealkylation sites (tertiary alicyclic amines) is 2. The van der Waals surface area contributed by atoms with Crippen LogP contribution >= 0.6 is 22.7 Å². The molecule has 2 saturated heterocycles. The number of aliphatic hydroxyl groups excluding tert-OH is 1. The average molecular weight is 1760 g/mol. The van der Waals surface area contributed by atoms with Crippen molar-refractivity contribution in [3.8, 4) is 32.4 Å². The number of nitrogens with zero attached hydrogens (tertiary/aromatic N) is 3. The Hall–Kier alpha value is -11.3. The second kappa shape index (κ2) is 40.1. The molecule has 4 atom stereocenters. The number of hydrogen-bond donors (Lipinski definition) is 8. The van der Waals surface area contributed by atoms with E-state index in [1.807, 2.05) is 144 Å². The number of esters is 2. The first kappa shape index (κ1) is 92.3. The summed E-state index contributed by atoms with van der Waals surface area (Å²) in [6.45, 7) is 20.4. The molecule has 0 spiro atoms. The van der Waals surface area contributed by atoms with Crippen molar-refractivity contribution in [2.45, 2.75) is 165 Å². The number of carbonyl (C=O) groups excluding carboxylic acids is 5. The number of aromatic nitrogens is 2. The summed E-state index contributed by atoms with van der Waals surface area (Å²) in [7, 11) is 1.61. The Morgan fingerprint density at radius 2 is 0.952 bits per heavy atom. The summed E-state index contributed by atoms with van der Waals surface area (Å²) in [5.41, 5.74) is 2.75. The molecule has 2 aliphatic heterocycles. The van der Waals surface area contributed by atoms with Crippen LogP contribution in [0.15, 0.2) is 240 Å². The van der Waals surface area contributed by atoms with E-state index in [4.69, 9.17) is 18.6 Å². The number of pyridine rings is 2. The van der Waals surface area contributed by atoms with Gasteiger partial charge in [0, 0.05) is 123 Å². The lowest BCUT2D eigenvalue weighted by atomic mass is 9.85. The minimum atomic E-state index is -2.48. The van der Waals surface area contributed by atoms with E-state index in [1.165, 1.54) is 24.3 Å². The number of aryl methyl sites for hydroxylation is 2. The number of piperidine rings is 2. The lowest BCUT2D eigenvalue weighted by Gasteiger charge is -2.41. The highest BCUT2D eigenvalue weighted by atomic mass is 32.1. The Balaban J connectivity index is 0.000000221. The van der Waals surface area contributed by atoms with E-state index >= 15 is 0 Å². The van der Waals surface area contributed by atoms with Crippen LogP contribution in [0.2, 0.25) is 18.1 Å². The number of carbonyl (C=O) groups is 5. The number of benzene rings is 8. The predicted molar refractivity (Wildman–Crippen MR) is 497 cm³/mol. The molecule has 8 aromatic carbocycles. The molecule has 0 unspecified atom stereocenters. The van der Waals surface area contributed by atoms with E-state index in [1.54, 1.807) is 125 Å². The number of hydrogen-bond acceptors (Lipinski definition) is 21. The van der Waals surface area contributed by atoms with E-state index < -0.39 is 55.4 Å². The molecule has 658 valence electrons. The van der Waals surface area contributed by atoms with Gasteiger partial charge in [0.15, 0.2) is 19.9 Å². The Kier molecular flexibility index (Phi) is 29.4. The topological polar surface area (TPSA) is 311 Å². The molecule has 0 aliphatic carbocycles. The molecular formula is C101H112N6O16S2Si. The first-order chi connectivity index (χ1) is 60.1. The first-order valence-electron chi connectivity index (χ1n) is 42.8. The third-order valence-electron chi connectivity index (χ3n) is 23.9. The number of phenols is 2. The van der Waals surface area contributed by atoms with Crippen LogP contribution in [0.3, 0.4) is 0 Å². The summed E-state index contributed by atoms with van der Waals surface area (Å²) >= 11 is 3.14. The number of nitrogens with one attached hydrogen (secondary N) is 3. The van der Waals surface area contributed by atoms with Crippen LogP contribution < -0.4 is 16.4 Å². The highest BCUT2D eigenvalue weighted by Gasteiger charge is 2.46. The fourth-order valence-corrected chi connectivity index (χ4v) is 18.8. The quantitative estimate of drug-likeness (QED) is 0.00897. The lowest BCUT2D eigenvalue weighted by Crippen LogP contribution is -2.45. The number of phenolic OH excluding ortho intramolecular Hbond substituents is 2. The van der Waals surface area contributed by atoms with Gasteiger partial charge >= 0.3 is 18.0 Å². The number of H-pyrrole nitrogens is 2. The Labute approximate surface area is 743 Å². The number of fused-ring (bicyclic) bond motifs is 2. The zero-order chi connectivity index (χ0) is 89.8. The summed E-state index contributed by atoms with van der Waals surface area (Å²) < 4.78 is 24.9. The molecule has 12 aromatic rings. The van der Waals surface area contributed by atoms with E-state index in [2.05, 4.69) is 58.9 Å². The average Bonchev–Trinajstić information content (AvgIpc) is 0.990. The maximum absolute atomic E-state index is 14.1. The molecule has 1 amide bonds. The molecule has 6 heterocycles. The maximum Gasteiger partial charge on any atom is 0.410 e. The van der Waals surface area contributed by atoms with Crippen molar-refractivity contribution in [1.82, 2.24) is 30.0 Å². The van der Waals surface area contributed by atoms with Gasteiger partial charge in [0.2, 0.25) is 22.3 Å². The van der Waals surface area contributed by atoms with Crippen LogP contribution in [-0.4, -0.2) is 159 Å². The monoisotopic (exact) mass is 1760 g/mol. The Bertz CT molecular complexity index is 5950. The summed E-state index contributed by atoms with van der Waals surface area (Å²) in [5.74, 6) is -1.49. The number of aliphatic hydroxyl groups is 3. The molecule has 126 heavy (non-hydrogen) atoms. The first-order valence-corrected chi connectivity index (χ1v) is 47.4. The Morgan fingerprint density at radius 1 is 0.524 bits per heavy atom. The van der Waals surface area contributed by atoms with Crippen LogP contribution in [-0.2, 0) is 65.4 Å². The van der Waals surface area contributed by atoms with Crippen LogP contribution in [0, 0.1) is 0 Å². The molecule has 4 aromatic heterocycles. The maximum atomic E-state index is 14.1. The molecule has 0 saturated carbocycles. The number of aromatic hydroxyl groups is 2. The highest BCUT2D eigenvalue weighted by molar-refractivity contribution is 7.15. The van der Waals surface area contributed by atoms with Gasteiger partial charge in [-0.05, 0) is 197 Å². The number of amides is 1. The van der Waals surface area contributed by atoms with Gasteiger partial charge in [-0.25, -0.2) is 14.4 Å². The van der Waals surface area contributed by atoms with Crippen LogP contribution in [0.25, 0.3) is 42.7 Å². The molecule has 2 fully saturated rings. The molecule has 22 nitrogen and oxygen atoms in total. The number of ether oxygens (including phenoxy) is 3. The molecule has 25 heteroatoms. The van der Waals surface area contributed by atoms with Crippen molar-refractivity contribution in [2.24, 2.45) is 0 Å². The van der Waals surface area contributed by atoms with Gasteiger partial charge in [-0.3, -0.25) is 19.2 Å². The number of thiophene rings is 2. The summed E-state index contributed by atoms with van der Waals surface area (Å²) in [6.07, 6.45) is 1.96. The minimum Gasteiger partial charge on any atom is -0.506 e. The van der Waals surface area contributed by atoms with Gasteiger partial charge in [0.25, 0.3) is 0 Å². The SMILES string of the molecule is CN1CCC(OC(=O)[C@](O)(c2ccccc2)c2cccc(-c3ccc(CCC(=O)c4ccc(CN(C[C@H](O[Si](C)(C)C(C)(C)C)c5ccc(O)c6[nH]c(=O)ccc56)C(=O)OC(C)(C)C)cc4)s3)c2)CC1.CN1CCC(OC(=O)[C@](O)(c2ccccc2)c2cccc(-c3ccc(CCC(=O)c4ccc(CNC[C@H](O)c5ccc(O)c6[nH]c(=O)ccc56)cc4)s3)c2)CC1. The summed E-state index contributed by atoms with van der Waals surface area (Å²) in [5, 5.41) is 60.4. The van der Waals surface area contributed by atoms with Crippen LogP contribution in [0.5, 0.6) is 11.5 Å². The molecule has 8 N–H and O–H groups in total. The van der Waals surface area contributed by atoms with Crippen molar-refractivity contribution in [1.29, 1.82) is 0 Å². The van der Waals surface area contributed by atoms with Crippen molar-refractivity contribution in [3.05, 3.63) is 317 Å². The lowest BCUT2D eigenvalue weighted by molar-refractivity contribution is -0.170. The zero-order valence-corrected chi connectivity index (χ0v) is 75.6. The van der Waals surface area contributed by atoms with Crippen LogP contribution in [0.4, 0.5) is 4.79 Å². The van der Waals surface area contributed by atoms with Crippen molar-refractivity contribution < 1.29 is 68.1 Å². The van der Waals surface area contributed by atoms with E-state index in [0.717, 1.165) is 80.8 Å².